The molecule has 2 heterocycles. The Bertz CT molecular complexity index is 1510. The van der Waals surface area contributed by atoms with Crippen LogP contribution in [0, 0.1) is 6.92 Å². The first kappa shape index (κ1) is 24.8. The average molecular weight is 507 g/mol. The van der Waals surface area contributed by atoms with Gasteiger partial charge in [-0.1, -0.05) is 42.5 Å². The van der Waals surface area contributed by atoms with Crippen molar-refractivity contribution in [3.8, 4) is 11.5 Å². The minimum absolute atomic E-state index is 0.00961. The molecular weight excluding hydrogens is 480 g/mol. The molecule has 1 aliphatic rings. The van der Waals surface area contributed by atoms with Crippen LogP contribution >= 0.6 is 0 Å². The number of carbonyl (C=O) groups is 2. The van der Waals surface area contributed by atoms with Crippen molar-refractivity contribution in [1.82, 2.24) is 9.88 Å². The highest BCUT2D eigenvalue weighted by atomic mass is 16.5. The topological polar surface area (TPSA) is 100.0 Å². The number of aliphatic hydroxyl groups excluding tert-OH is 1. The van der Waals surface area contributed by atoms with Crippen molar-refractivity contribution in [1.29, 1.82) is 0 Å². The van der Waals surface area contributed by atoms with Crippen molar-refractivity contribution < 1.29 is 24.5 Å². The molecule has 3 aromatic carbocycles. The van der Waals surface area contributed by atoms with Crippen LogP contribution in [0.5, 0.6) is 11.5 Å². The summed E-state index contributed by atoms with van der Waals surface area (Å²) in [4.78, 5) is 31.9. The van der Waals surface area contributed by atoms with E-state index in [0.29, 0.717) is 23.5 Å². The highest BCUT2D eigenvalue weighted by Gasteiger charge is 2.46. The molecule has 2 N–H and O–H groups in total. The molecule has 7 nitrogen and oxygen atoms in total. The van der Waals surface area contributed by atoms with Crippen molar-refractivity contribution in [2.75, 3.05) is 0 Å². The van der Waals surface area contributed by atoms with Gasteiger partial charge in [-0.15, -0.1) is 0 Å². The number of ketones is 1. The number of aliphatic hydroxyl groups is 1. The molecule has 1 atom stereocenters. The molecule has 1 aromatic heterocycles. The van der Waals surface area contributed by atoms with E-state index in [4.69, 9.17) is 4.74 Å². The van der Waals surface area contributed by atoms with Crippen molar-refractivity contribution in [2.45, 2.75) is 26.1 Å². The van der Waals surface area contributed by atoms with E-state index in [1.165, 1.54) is 17.0 Å². The van der Waals surface area contributed by atoms with Crippen LogP contribution in [-0.4, -0.2) is 31.8 Å². The van der Waals surface area contributed by atoms with Crippen LogP contribution in [0.25, 0.3) is 5.76 Å². The fraction of sp³-hybridized carbons (Fsp3) is 0.129. The van der Waals surface area contributed by atoms with E-state index in [1.807, 2.05) is 37.3 Å². The third-order valence-electron chi connectivity index (χ3n) is 6.58. The van der Waals surface area contributed by atoms with Crippen molar-refractivity contribution in [2.24, 2.45) is 0 Å². The summed E-state index contributed by atoms with van der Waals surface area (Å²) in [6, 6.07) is 23.7. The van der Waals surface area contributed by atoms with E-state index >= 15 is 0 Å². The molecule has 1 fully saturated rings. The summed E-state index contributed by atoms with van der Waals surface area (Å²) in [6.45, 7) is 2.53. The summed E-state index contributed by atoms with van der Waals surface area (Å²) in [5.41, 5.74) is 3.77. The first-order valence-electron chi connectivity index (χ1n) is 12.2. The molecule has 4 aromatic rings. The number of benzene rings is 3. The van der Waals surface area contributed by atoms with Gasteiger partial charge in [-0.05, 0) is 71.6 Å². The highest BCUT2D eigenvalue weighted by molar-refractivity contribution is 6.46. The van der Waals surface area contributed by atoms with Crippen LogP contribution in [0.2, 0.25) is 0 Å². The lowest BCUT2D eigenvalue weighted by atomic mass is 9.95. The Morgan fingerprint density at radius 3 is 2.47 bits per heavy atom. The summed E-state index contributed by atoms with van der Waals surface area (Å²) in [5, 5.41) is 21.4. The molecular formula is C31H26N2O5. The molecule has 0 bridgehead atoms. The molecule has 5 rings (SSSR count). The zero-order chi connectivity index (χ0) is 26.6. The van der Waals surface area contributed by atoms with Crippen LogP contribution in [0.1, 0.15) is 33.9 Å². The van der Waals surface area contributed by atoms with Crippen LogP contribution in [-0.2, 0) is 22.7 Å². The number of aryl methyl sites for hydroxylation is 1. The van der Waals surface area contributed by atoms with Gasteiger partial charge in [0.05, 0.1) is 11.6 Å². The van der Waals surface area contributed by atoms with Gasteiger partial charge < -0.3 is 19.8 Å². The lowest BCUT2D eigenvalue weighted by molar-refractivity contribution is -0.140. The Kier molecular flexibility index (Phi) is 6.91. The number of nitrogens with zero attached hydrogens (tertiary/aromatic N) is 2. The third-order valence-corrected chi connectivity index (χ3v) is 6.58. The smallest absolute Gasteiger partial charge is 0.295 e. The zero-order valence-corrected chi connectivity index (χ0v) is 20.7. The van der Waals surface area contributed by atoms with Gasteiger partial charge in [-0.2, -0.15) is 0 Å². The van der Waals surface area contributed by atoms with Gasteiger partial charge >= 0.3 is 0 Å². The molecule has 0 spiro atoms. The van der Waals surface area contributed by atoms with Crippen LogP contribution in [0.4, 0.5) is 0 Å². The predicted octanol–water partition coefficient (Wildman–Crippen LogP) is 5.30. The largest absolute Gasteiger partial charge is 0.508 e. The summed E-state index contributed by atoms with van der Waals surface area (Å²) in [6.07, 6.45) is 3.24. The maximum atomic E-state index is 13.2. The van der Waals surface area contributed by atoms with E-state index in [0.717, 1.165) is 16.7 Å². The Labute approximate surface area is 220 Å². The lowest BCUT2D eigenvalue weighted by Crippen LogP contribution is -2.29. The number of hydrogen-bond acceptors (Lipinski definition) is 6. The SMILES string of the molecule is Cc1ccccc1COc1ccc(/C(O)=C2\C(=O)C(=O)N(Cc3cccnc3)[C@@H]2c2cccc(O)c2)cc1. The van der Waals surface area contributed by atoms with Gasteiger partial charge in [-0.3, -0.25) is 14.6 Å². The molecule has 190 valence electrons. The number of likely N-dealkylation sites (tertiary alicyclic amines) is 1. The Balaban J connectivity index is 1.48. The molecule has 0 aliphatic carbocycles. The third kappa shape index (κ3) is 4.99. The molecule has 0 saturated carbocycles. The molecule has 1 aliphatic heterocycles. The van der Waals surface area contributed by atoms with Crippen molar-refractivity contribution in [3.05, 3.63) is 131 Å². The highest BCUT2D eigenvalue weighted by Crippen LogP contribution is 2.41. The predicted molar refractivity (Wildman–Crippen MR) is 142 cm³/mol. The van der Waals surface area contributed by atoms with Crippen LogP contribution < -0.4 is 4.74 Å². The second-order valence-electron chi connectivity index (χ2n) is 9.12. The number of aromatic nitrogens is 1. The number of carbonyl (C=O) groups excluding carboxylic acids is 2. The Hall–Kier alpha value is -4.91. The minimum atomic E-state index is -0.890. The van der Waals surface area contributed by atoms with E-state index in [-0.39, 0.29) is 23.6 Å². The number of Topliss-reactive ketones (excluding diaryl/α,β-unsaturated/α-hetero) is 1. The van der Waals surface area contributed by atoms with E-state index in [1.54, 1.807) is 54.9 Å². The maximum absolute atomic E-state index is 13.2. The standard InChI is InChI=1S/C31H26N2O5/c1-20-6-2-3-8-24(20)19-38-26-13-11-22(12-14-26)29(35)27-28(23-9-4-10-25(34)16-23)33(31(37)30(27)36)18-21-7-5-15-32-17-21/h2-17,28,34-35H,18-19H2,1H3/b29-27+/t28-/m1/s1. The van der Waals surface area contributed by atoms with Gasteiger partial charge in [0.25, 0.3) is 11.7 Å². The fourth-order valence-corrected chi connectivity index (χ4v) is 4.57. The average Bonchev–Trinajstić information content (AvgIpc) is 3.18. The summed E-state index contributed by atoms with van der Waals surface area (Å²) in [5.74, 6) is -1.23. The Morgan fingerprint density at radius 2 is 1.76 bits per heavy atom. The van der Waals surface area contributed by atoms with Gasteiger partial charge in [-0.25, -0.2) is 0 Å². The summed E-state index contributed by atoms with van der Waals surface area (Å²) >= 11 is 0. The fourth-order valence-electron chi connectivity index (χ4n) is 4.57. The first-order chi connectivity index (χ1) is 18.4. The van der Waals surface area contributed by atoms with Crippen molar-refractivity contribution >= 4 is 17.4 Å². The number of amides is 1. The molecule has 1 amide bonds. The minimum Gasteiger partial charge on any atom is -0.508 e. The number of phenolic OH excluding ortho intramolecular Hbond substituents is 1. The number of rotatable bonds is 7. The van der Waals surface area contributed by atoms with Crippen molar-refractivity contribution in [3.63, 3.8) is 0 Å². The second kappa shape index (κ2) is 10.6. The number of phenols is 1. The van der Waals surface area contributed by atoms with E-state index < -0.39 is 17.7 Å². The number of ether oxygens (including phenoxy) is 1. The molecule has 0 unspecified atom stereocenters. The van der Waals surface area contributed by atoms with Crippen LogP contribution in [0.3, 0.4) is 0 Å². The second-order valence-corrected chi connectivity index (χ2v) is 9.12. The van der Waals surface area contributed by atoms with Gasteiger partial charge in [0, 0.05) is 24.5 Å². The summed E-state index contributed by atoms with van der Waals surface area (Å²) < 4.78 is 5.90. The van der Waals surface area contributed by atoms with E-state index in [9.17, 15) is 19.8 Å². The summed E-state index contributed by atoms with van der Waals surface area (Å²) in [7, 11) is 0. The van der Waals surface area contributed by atoms with E-state index in [2.05, 4.69) is 4.98 Å². The Morgan fingerprint density at radius 1 is 0.974 bits per heavy atom. The normalized spacial score (nSPS) is 16.6. The molecule has 7 heteroatoms. The zero-order valence-electron chi connectivity index (χ0n) is 20.7. The van der Waals surface area contributed by atoms with Crippen LogP contribution in [0.15, 0.2) is 103 Å². The number of aromatic hydroxyl groups is 1. The monoisotopic (exact) mass is 506 g/mol. The van der Waals surface area contributed by atoms with Gasteiger partial charge in [0.15, 0.2) is 0 Å². The quantitative estimate of drug-likeness (QED) is 0.201. The number of pyridine rings is 1. The number of hydrogen-bond donors (Lipinski definition) is 2. The lowest BCUT2D eigenvalue weighted by Gasteiger charge is -2.25. The molecule has 0 radical (unpaired) electrons. The molecule has 38 heavy (non-hydrogen) atoms. The van der Waals surface area contributed by atoms with Gasteiger partial charge in [0.1, 0.15) is 23.9 Å². The first-order valence-corrected chi connectivity index (χ1v) is 12.2. The van der Waals surface area contributed by atoms with Gasteiger partial charge in [0.2, 0.25) is 0 Å². The molecule has 1 saturated heterocycles. The maximum Gasteiger partial charge on any atom is 0.295 e.